The molecule has 0 aliphatic heterocycles. The van der Waals surface area contributed by atoms with Crippen LogP contribution in [-0.2, 0) is 12.7 Å². The zero-order valence-corrected chi connectivity index (χ0v) is 14.6. The van der Waals surface area contributed by atoms with Crippen LogP contribution in [0.3, 0.4) is 0 Å². The summed E-state index contributed by atoms with van der Waals surface area (Å²) < 4.78 is 37.3. The highest BCUT2D eigenvalue weighted by atomic mass is 127. The fourth-order valence-corrected chi connectivity index (χ4v) is 1.56. The third kappa shape index (κ3) is 7.54. The standard InChI is InChI=1S/C14H20F3N3.HI/c1-4-18-13(20-10(2)3)19-9-11-5-7-12(8-6-11)14(15,16)17;/h5-8,10H,4,9H2,1-3H3,(H2,18,19,20);1H. The zero-order chi connectivity index (χ0) is 15.2. The molecule has 0 unspecified atom stereocenters. The molecule has 0 fully saturated rings. The van der Waals surface area contributed by atoms with Gasteiger partial charge >= 0.3 is 6.18 Å². The largest absolute Gasteiger partial charge is 0.416 e. The Morgan fingerprint density at radius 1 is 1.19 bits per heavy atom. The van der Waals surface area contributed by atoms with Gasteiger partial charge in [0.1, 0.15) is 0 Å². The second-order valence-corrected chi connectivity index (χ2v) is 4.69. The smallest absolute Gasteiger partial charge is 0.357 e. The third-order valence-electron chi connectivity index (χ3n) is 2.47. The van der Waals surface area contributed by atoms with E-state index in [0.29, 0.717) is 12.5 Å². The Morgan fingerprint density at radius 2 is 1.76 bits per heavy atom. The number of halogens is 4. The fraction of sp³-hybridized carbons (Fsp3) is 0.500. The summed E-state index contributed by atoms with van der Waals surface area (Å²) in [7, 11) is 0. The van der Waals surface area contributed by atoms with Crippen molar-refractivity contribution in [2.24, 2.45) is 4.99 Å². The van der Waals surface area contributed by atoms with Gasteiger partial charge in [-0.3, -0.25) is 0 Å². The highest BCUT2D eigenvalue weighted by Gasteiger charge is 2.29. The summed E-state index contributed by atoms with van der Waals surface area (Å²) in [5.41, 5.74) is 0.0939. The number of rotatable bonds is 4. The number of nitrogens with zero attached hydrogens (tertiary/aromatic N) is 1. The Morgan fingerprint density at radius 3 is 2.19 bits per heavy atom. The van der Waals surface area contributed by atoms with E-state index in [9.17, 15) is 13.2 Å². The predicted molar refractivity (Wildman–Crippen MR) is 89.9 cm³/mol. The average molecular weight is 415 g/mol. The van der Waals surface area contributed by atoms with Gasteiger partial charge in [0.15, 0.2) is 5.96 Å². The Hall–Kier alpha value is -0.990. The Labute approximate surface area is 140 Å². The molecule has 0 amide bonds. The molecule has 120 valence electrons. The van der Waals surface area contributed by atoms with Crippen molar-refractivity contribution in [3.8, 4) is 0 Å². The lowest BCUT2D eigenvalue weighted by atomic mass is 10.1. The van der Waals surface area contributed by atoms with Gasteiger partial charge in [-0.15, -0.1) is 24.0 Å². The minimum Gasteiger partial charge on any atom is -0.357 e. The Kier molecular flexibility index (Phi) is 8.68. The van der Waals surface area contributed by atoms with Crippen LogP contribution >= 0.6 is 24.0 Å². The second kappa shape index (κ2) is 9.11. The van der Waals surface area contributed by atoms with Gasteiger partial charge in [0.2, 0.25) is 0 Å². The number of hydrogen-bond donors (Lipinski definition) is 2. The number of benzene rings is 1. The molecule has 0 radical (unpaired) electrons. The number of hydrogen-bond acceptors (Lipinski definition) is 1. The molecule has 0 saturated heterocycles. The molecule has 1 aromatic rings. The van der Waals surface area contributed by atoms with Crippen LogP contribution in [0.25, 0.3) is 0 Å². The Balaban J connectivity index is 0.00000400. The molecule has 0 atom stereocenters. The summed E-state index contributed by atoms with van der Waals surface area (Å²) in [6, 6.07) is 5.29. The summed E-state index contributed by atoms with van der Waals surface area (Å²) in [6.45, 7) is 7.00. The summed E-state index contributed by atoms with van der Waals surface area (Å²) in [4.78, 5) is 4.33. The first-order valence-corrected chi connectivity index (χ1v) is 6.54. The molecule has 0 bridgehead atoms. The molecule has 21 heavy (non-hydrogen) atoms. The van der Waals surface area contributed by atoms with E-state index in [1.54, 1.807) is 0 Å². The average Bonchev–Trinajstić information content (AvgIpc) is 2.35. The summed E-state index contributed by atoms with van der Waals surface area (Å²) >= 11 is 0. The molecule has 1 aromatic carbocycles. The van der Waals surface area contributed by atoms with Crippen molar-refractivity contribution >= 4 is 29.9 Å². The first kappa shape index (κ1) is 20.0. The lowest BCUT2D eigenvalue weighted by Gasteiger charge is -2.14. The van der Waals surface area contributed by atoms with Crippen molar-refractivity contribution in [1.82, 2.24) is 10.6 Å². The van der Waals surface area contributed by atoms with Gasteiger partial charge in [0.05, 0.1) is 12.1 Å². The van der Waals surface area contributed by atoms with Crippen molar-refractivity contribution in [3.05, 3.63) is 35.4 Å². The van der Waals surface area contributed by atoms with Crippen molar-refractivity contribution in [3.63, 3.8) is 0 Å². The highest BCUT2D eigenvalue weighted by Crippen LogP contribution is 2.29. The molecule has 3 nitrogen and oxygen atoms in total. The van der Waals surface area contributed by atoms with Crippen molar-refractivity contribution in [2.75, 3.05) is 6.54 Å². The van der Waals surface area contributed by atoms with Gasteiger partial charge in [-0.1, -0.05) is 12.1 Å². The van der Waals surface area contributed by atoms with Crippen LogP contribution in [0.5, 0.6) is 0 Å². The van der Waals surface area contributed by atoms with E-state index < -0.39 is 11.7 Å². The minimum absolute atomic E-state index is 0. The van der Waals surface area contributed by atoms with Crippen LogP contribution in [0.15, 0.2) is 29.3 Å². The molecule has 1 rings (SSSR count). The van der Waals surface area contributed by atoms with Crippen LogP contribution in [0.1, 0.15) is 31.9 Å². The Bertz CT molecular complexity index is 442. The molecular weight excluding hydrogens is 394 g/mol. The van der Waals surface area contributed by atoms with Crippen molar-refractivity contribution in [2.45, 2.75) is 39.5 Å². The van der Waals surface area contributed by atoms with Gasteiger partial charge in [0.25, 0.3) is 0 Å². The first-order chi connectivity index (χ1) is 9.32. The number of alkyl halides is 3. The highest BCUT2D eigenvalue weighted by molar-refractivity contribution is 14.0. The summed E-state index contributed by atoms with van der Waals surface area (Å²) in [5, 5.41) is 6.22. The van der Waals surface area contributed by atoms with Crippen LogP contribution < -0.4 is 10.6 Å². The van der Waals surface area contributed by atoms with E-state index in [2.05, 4.69) is 15.6 Å². The van der Waals surface area contributed by atoms with Gasteiger partial charge in [0, 0.05) is 12.6 Å². The van der Waals surface area contributed by atoms with Crippen LogP contribution in [-0.4, -0.2) is 18.5 Å². The quantitative estimate of drug-likeness (QED) is 0.446. The molecule has 0 aliphatic carbocycles. The molecular formula is C14H21F3IN3. The third-order valence-corrected chi connectivity index (χ3v) is 2.47. The van der Waals surface area contributed by atoms with Crippen LogP contribution in [0, 0.1) is 0 Å². The van der Waals surface area contributed by atoms with E-state index >= 15 is 0 Å². The second-order valence-electron chi connectivity index (χ2n) is 4.69. The molecule has 0 aliphatic rings. The minimum atomic E-state index is -4.30. The van der Waals surface area contributed by atoms with Crippen LogP contribution in [0.4, 0.5) is 13.2 Å². The summed E-state index contributed by atoms with van der Waals surface area (Å²) in [6.07, 6.45) is -4.30. The number of aliphatic imine (C=N–C) groups is 1. The molecule has 0 aromatic heterocycles. The maximum Gasteiger partial charge on any atom is 0.416 e. The molecule has 0 saturated carbocycles. The van der Waals surface area contributed by atoms with E-state index in [4.69, 9.17) is 0 Å². The normalized spacial score (nSPS) is 12.0. The lowest BCUT2D eigenvalue weighted by Crippen LogP contribution is -2.40. The van der Waals surface area contributed by atoms with Crippen molar-refractivity contribution in [1.29, 1.82) is 0 Å². The van der Waals surface area contributed by atoms with E-state index in [1.165, 1.54) is 12.1 Å². The number of nitrogens with one attached hydrogen (secondary N) is 2. The van der Waals surface area contributed by atoms with Gasteiger partial charge in [-0.2, -0.15) is 13.2 Å². The molecule has 0 spiro atoms. The maximum atomic E-state index is 12.4. The first-order valence-electron chi connectivity index (χ1n) is 6.54. The monoisotopic (exact) mass is 415 g/mol. The topological polar surface area (TPSA) is 36.4 Å². The molecule has 0 heterocycles. The van der Waals surface area contributed by atoms with E-state index in [-0.39, 0.29) is 30.0 Å². The lowest BCUT2D eigenvalue weighted by molar-refractivity contribution is -0.137. The number of guanidine groups is 1. The van der Waals surface area contributed by atoms with Crippen molar-refractivity contribution < 1.29 is 13.2 Å². The summed E-state index contributed by atoms with van der Waals surface area (Å²) in [5.74, 6) is 0.655. The van der Waals surface area contributed by atoms with E-state index in [1.807, 2.05) is 20.8 Å². The zero-order valence-electron chi connectivity index (χ0n) is 12.3. The SMILES string of the molecule is CCNC(=NCc1ccc(C(F)(F)F)cc1)NC(C)C.I. The van der Waals surface area contributed by atoms with Gasteiger partial charge in [-0.25, -0.2) is 4.99 Å². The predicted octanol–water partition coefficient (Wildman–Crippen LogP) is 3.79. The van der Waals surface area contributed by atoms with E-state index in [0.717, 1.165) is 24.2 Å². The molecule has 7 heteroatoms. The van der Waals surface area contributed by atoms with Gasteiger partial charge in [-0.05, 0) is 38.5 Å². The maximum absolute atomic E-state index is 12.4. The van der Waals surface area contributed by atoms with Crippen LogP contribution in [0.2, 0.25) is 0 Å². The molecule has 2 N–H and O–H groups in total. The van der Waals surface area contributed by atoms with Gasteiger partial charge < -0.3 is 10.6 Å². The fourth-order valence-electron chi connectivity index (χ4n) is 1.56.